The van der Waals surface area contributed by atoms with Gasteiger partial charge < -0.3 is 15.0 Å². The van der Waals surface area contributed by atoms with Gasteiger partial charge in [-0.1, -0.05) is 28.1 Å². The molecule has 0 saturated carbocycles. The van der Waals surface area contributed by atoms with Crippen molar-refractivity contribution in [1.29, 1.82) is 0 Å². The summed E-state index contributed by atoms with van der Waals surface area (Å²) in [5.41, 5.74) is 0.943. The Bertz CT molecular complexity index is 484. The van der Waals surface area contributed by atoms with Crippen LogP contribution in [0.5, 0.6) is 0 Å². The number of nitrogens with one attached hydrogen (secondary N) is 1. The third kappa shape index (κ3) is 3.96. The van der Waals surface area contributed by atoms with E-state index in [1.165, 1.54) is 0 Å². The first-order chi connectivity index (χ1) is 9.56. The van der Waals surface area contributed by atoms with Gasteiger partial charge in [0.1, 0.15) is 0 Å². The van der Waals surface area contributed by atoms with Gasteiger partial charge >= 0.3 is 12.2 Å². The summed E-state index contributed by atoms with van der Waals surface area (Å²) in [5.74, 6) is 0. The van der Waals surface area contributed by atoms with Crippen LogP contribution in [0.25, 0.3) is 0 Å². The van der Waals surface area contributed by atoms with Crippen molar-refractivity contribution in [3.63, 3.8) is 0 Å². The SMILES string of the molecule is CC(NC(=O)OC(=O)N1CCCC1)c1ccc(Br)cc1. The number of amides is 2. The molecule has 1 atom stereocenters. The van der Waals surface area contributed by atoms with Gasteiger partial charge in [-0.15, -0.1) is 0 Å². The highest BCUT2D eigenvalue weighted by molar-refractivity contribution is 9.10. The number of nitrogens with zero attached hydrogens (tertiary/aromatic N) is 1. The van der Waals surface area contributed by atoms with E-state index in [4.69, 9.17) is 4.74 Å². The zero-order chi connectivity index (χ0) is 14.5. The van der Waals surface area contributed by atoms with E-state index in [1.807, 2.05) is 31.2 Å². The van der Waals surface area contributed by atoms with E-state index in [-0.39, 0.29) is 6.04 Å². The molecule has 0 aliphatic carbocycles. The molecule has 1 saturated heterocycles. The maximum absolute atomic E-state index is 11.7. The Hall–Kier alpha value is -1.56. The molecule has 0 spiro atoms. The molecule has 1 N–H and O–H groups in total. The average molecular weight is 341 g/mol. The van der Waals surface area contributed by atoms with Gasteiger partial charge in [0.25, 0.3) is 0 Å². The normalized spacial score (nSPS) is 15.8. The molecule has 5 nitrogen and oxygen atoms in total. The molecule has 20 heavy (non-hydrogen) atoms. The second-order valence-electron chi connectivity index (χ2n) is 4.77. The molecule has 6 heteroatoms. The molecule has 1 aliphatic heterocycles. The summed E-state index contributed by atoms with van der Waals surface area (Å²) in [6.45, 7) is 3.16. The van der Waals surface area contributed by atoms with Crippen molar-refractivity contribution >= 4 is 28.1 Å². The number of carbonyl (C=O) groups excluding carboxylic acids is 2. The van der Waals surface area contributed by atoms with Gasteiger partial charge in [-0.2, -0.15) is 0 Å². The van der Waals surface area contributed by atoms with Gasteiger partial charge in [0.05, 0.1) is 6.04 Å². The number of benzene rings is 1. The van der Waals surface area contributed by atoms with Crippen LogP contribution in [0.2, 0.25) is 0 Å². The number of hydrogen-bond acceptors (Lipinski definition) is 3. The highest BCUT2D eigenvalue weighted by Crippen LogP contribution is 2.16. The lowest BCUT2D eigenvalue weighted by Crippen LogP contribution is -2.35. The maximum atomic E-state index is 11.7. The van der Waals surface area contributed by atoms with Crippen molar-refractivity contribution in [2.45, 2.75) is 25.8 Å². The van der Waals surface area contributed by atoms with E-state index >= 15 is 0 Å². The molecule has 108 valence electrons. The van der Waals surface area contributed by atoms with E-state index in [1.54, 1.807) is 4.90 Å². The zero-order valence-electron chi connectivity index (χ0n) is 11.3. The van der Waals surface area contributed by atoms with Crippen molar-refractivity contribution in [3.8, 4) is 0 Å². The predicted molar refractivity (Wildman–Crippen MR) is 78.4 cm³/mol. The fourth-order valence-corrected chi connectivity index (χ4v) is 2.35. The number of alkyl carbamates (subject to hydrolysis) is 1. The first-order valence-corrected chi connectivity index (χ1v) is 7.38. The zero-order valence-corrected chi connectivity index (χ0v) is 12.9. The van der Waals surface area contributed by atoms with Crippen LogP contribution in [0.15, 0.2) is 28.7 Å². The number of hydrogen-bond donors (Lipinski definition) is 1. The van der Waals surface area contributed by atoms with E-state index < -0.39 is 12.2 Å². The number of ether oxygens (including phenoxy) is 1. The fourth-order valence-electron chi connectivity index (χ4n) is 2.08. The summed E-state index contributed by atoms with van der Waals surface area (Å²) in [5, 5.41) is 2.65. The Kier molecular flexibility index (Phi) is 5.00. The van der Waals surface area contributed by atoms with Crippen LogP contribution in [-0.4, -0.2) is 30.2 Å². The Balaban J connectivity index is 1.84. The summed E-state index contributed by atoms with van der Waals surface area (Å²) >= 11 is 3.35. The summed E-state index contributed by atoms with van der Waals surface area (Å²) < 4.78 is 5.75. The van der Waals surface area contributed by atoms with Gasteiger partial charge in [0, 0.05) is 17.6 Å². The molecule has 1 aromatic carbocycles. The molecule has 0 bridgehead atoms. The van der Waals surface area contributed by atoms with Gasteiger partial charge in [0.2, 0.25) is 0 Å². The highest BCUT2D eigenvalue weighted by Gasteiger charge is 2.22. The molecule has 1 unspecified atom stereocenters. The second kappa shape index (κ2) is 6.74. The fraction of sp³-hybridized carbons (Fsp3) is 0.429. The van der Waals surface area contributed by atoms with Gasteiger partial charge in [-0.05, 0) is 37.5 Å². The number of rotatable bonds is 2. The van der Waals surface area contributed by atoms with Crippen LogP contribution in [0.3, 0.4) is 0 Å². The molecule has 0 radical (unpaired) electrons. The first-order valence-electron chi connectivity index (χ1n) is 6.59. The molecule has 1 fully saturated rings. The first kappa shape index (κ1) is 14.8. The second-order valence-corrected chi connectivity index (χ2v) is 5.68. The minimum atomic E-state index is -0.711. The lowest BCUT2D eigenvalue weighted by molar-refractivity contribution is 0.123. The topological polar surface area (TPSA) is 58.6 Å². The summed E-state index contributed by atoms with van der Waals surface area (Å²) in [6.07, 6.45) is 0.651. The van der Waals surface area contributed by atoms with Crippen LogP contribution < -0.4 is 5.32 Å². The number of carbonyl (C=O) groups is 2. The summed E-state index contributed by atoms with van der Waals surface area (Å²) in [6, 6.07) is 7.37. The van der Waals surface area contributed by atoms with Gasteiger partial charge in [0.15, 0.2) is 0 Å². The summed E-state index contributed by atoms with van der Waals surface area (Å²) in [7, 11) is 0. The number of halogens is 1. The maximum Gasteiger partial charge on any atom is 0.418 e. The number of likely N-dealkylation sites (tertiary alicyclic amines) is 1. The van der Waals surface area contributed by atoms with Gasteiger partial charge in [-0.3, -0.25) is 0 Å². The minimum Gasteiger partial charge on any atom is -0.359 e. The van der Waals surface area contributed by atoms with E-state index in [0.717, 1.165) is 22.9 Å². The molecule has 0 aromatic heterocycles. The van der Waals surface area contributed by atoms with Crippen molar-refractivity contribution in [1.82, 2.24) is 10.2 Å². The van der Waals surface area contributed by atoms with E-state index in [9.17, 15) is 9.59 Å². The molecular weight excluding hydrogens is 324 g/mol. The largest absolute Gasteiger partial charge is 0.418 e. The van der Waals surface area contributed by atoms with Crippen molar-refractivity contribution in [3.05, 3.63) is 34.3 Å². The van der Waals surface area contributed by atoms with Crippen LogP contribution in [-0.2, 0) is 4.74 Å². The Morgan fingerprint density at radius 2 is 1.85 bits per heavy atom. The average Bonchev–Trinajstić information content (AvgIpc) is 2.93. The molecule has 2 amide bonds. The highest BCUT2D eigenvalue weighted by atomic mass is 79.9. The Labute approximate surface area is 126 Å². The van der Waals surface area contributed by atoms with Crippen molar-refractivity contribution < 1.29 is 14.3 Å². The Morgan fingerprint density at radius 1 is 1.25 bits per heavy atom. The van der Waals surface area contributed by atoms with Crippen LogP contribution >= 0.6 is 15.9 Å². The molecule has 2 rings (SSSR count). The van der Waals surface area contributed by atoms with E-state index in [0.29, 0.717) is 13.1 Å². The quantitative estimate of drug-likeness (QED) is 0.838. The predicted octanol–water partition coefficient (Wildman–Crippen LogP) is 3.45. The van der Waals surface area contributed by atoms with Crippen LogP contribution in [0, 0.1) is 0 Å². The smallest absolute Gasteiger partial charge is 0.359 e. The molecule has 1 aliphatic rings. The van der Waals surface area contributed by atoms with Crippen LogP contribution in [0.4, 0.5) is 9.59 Å². The third-order valence-electron chi connectivity index (χ3n) is 3.25. The molecule has 1 heterocycles. The lowest BCUT2D eigenvalue weighted by atomic mass is 10.1. The van der Waals surface area contributed by atoms with Crippen molar-refractivity contribution in [2.24, 2.45) is 0 Å². The monoisotopic (exact) mass is 340 g/mol. The van der Waals surface area contributed by atoms with Crippen LogP contribution in [0.1, 0.15) is 31.4 Å². The third-order valence-corrected chi connectivity index (χ3v) is 3.78. The molecular formula is C14H17BrN2O3. The molecule has 1 aromatic rings. The summed E-state index contributed by atoms with van der Waals surface area (Å²) in [4.78, 5) is 24.9. The van der Waals surface area contributed by atoms with Crippen molar-refractivity contribution in [2.75, 3.05) is 13.1 Å². The standard InChI is InChI=1S/C14H17BrN2O3/c1-10(11-4-6-12(15)7-5-11)16-13(18)20-14(19)17-8-2-3-9-17/h4-7,10H,2-3,8-9H2,1H3,(H,16,18). The Morgan fingerprint density at radius 3 is 2.45 bits per heavy atom. The van der Waals surface area contributed by atoms with Gasteiger partial charge in [-0.25, -0.2) is 9.59 Å². The lowest BCUT2D eigenvalue weighted by Gasteiger charge is -2.17. The van der Waals surface area contributed by atoms with E-state index in [2.05, 4.69) is 21.2 Å². The minimum absolute atomic E-state index is 0.220.